The maximum Gasteiger partial charge on any atom is 0.322 e. The molecule has 1 aromatic heterocycles. The van der Waals surface area contributed by atoms with Crippen molar-refractivity contribution >= 4 is 17.5 Å². The zero-order valence-corrected chi connectivity index (χ0v) is 9.59. The second kappa shape index (κ2) is 4.06. The lowest BCUT2D eigenvalue weighted by Gasteiger charge is -2.16. The minimum absolute atomic E-state index is 0.102. The molecule has 0 unspecified atom stereocenters. The first kappa shape index (κ1) is 10.6. The number of benzene rings is 1. The predicted molar refractivity (Wildman–Crippen MR) is 67.1 cm³/mol. The molecule has 0 radical (unpaired) electrons. The fourth-order valence-corrected chi connectivity index (χ4v) is 2.03. The van der Waals surface area contributed by atoms with Gasteiger partial charge in [0, 0.05) is 24.7 Å². The molecule has 0 bridgehead atoms. The van der Waals surface area contributed by atoms with Gasteiger partial charge in [0.1, 0.15) is 0 Å². The number of para-hydroxylation sites is 1. The van der Waals surface area contributed by atoms with Crippen LogP contribution in [0.25, 0.3) is 11.3 Å². The molecule has 2 amide bonds. The lowest BCUT2D eigenvalue weighted by molar-refractivity contribution is 0.252. The Hall–Kier alpha value is -2.50. The van der Waals surface area contributed by atoms with Crippen LogP contribution in [0.2, 0.25) is 0 Å². The van der Waals surface area contributed by atoms with Crippen LogP contribution in [0, 0.1) is 0 Å². The van der Waals surface area contributed by atoms with Crippen LogP contribution in [0.15, 0.2) is 34.9 Å². The molecule has 18 heavy (non-hydrogen) atoms. The van der Waals surface area contributed by atoms with E-state index in [4.69, 9.17) is 10.3 Å². The summed E-state index contributed by atoms with van der Waals surface area (Å²) < 4.78 is 5.15. The number of nitrogens with one attached hydrogen (secondary N) is 1. The van der Waals surface area contributed by atoms with Crippen molar-refractivity contribution in [3.05, 3.63) is 30.3 Å². The lowest BCUT2D eigenvalue weighted by atomic mass is 10.1. The monoisotopic (exact) mass is 244 g/mol. The average molecular weight is 244 g/mol. The standard InChI is InChI=1S/C12H12N4O2/c13-11-7-10(18-15-11)8-3-1-2-4-9(8)16-6-5-14-12(16)17/h1-4,7H,5-6H2,(H2,13,15)(H,14,17). The molecule has 1 aliphatic heterocycles. The van der Waals surface area contributed by atoms with Crippen molar-refractivity contribution in [2.45, 2.75) is 0 Å². The van der Waals surface area contributed by atoms with Crippen LogP contribution in [0.1, 0.15) is 0 Å². The normalized spacial score (nSPS) is 14.9. The summed E-state index contributed by atoms with van der Waals surface area (Å²) in [5, 5.41) is 6.43. The van der Waals surface area contributed by atoms with Crippen molar-refractivity contribution < 1.29 is 9.32 Å². The van der Waals surface area contributed by atoms with Crippen LogP contribution in [-0.4, -0.2) is 24.3 Å². The summed E-state index contributed by atoms with van der Waals surface area (Å²) in [6.07, 6.45) is 0. The summed E-state index contributed by atoms with van der Waals surface area (Å²) in [6, 6.07) is 9.05. The third-order valence-corrected chi connectivity index (χ3v) is 2.85. The number of nitrogen functional groups attached to an aromatic ring is 1. The number of hydrogen-bond acceptors (Lipinski definition) is 4. The summed E-state index contributed by atoms with van der Waals surface area (Å²) in [5.74, 6) is 0.883. The molecule has 3 rings (SSSR count). The van der Waals surface area contributed by atoms with Gasteiger partial charge in [0.25, 0.3) is 0 Å². The Morgan fingerprint density at radius 2 is 2.22 bits per heavy atom. The molecule has 2 heterocycles. The van der Waals surface area contributed by atoms with Crippen LogP contribution in [0.3, 0.4) is 0 Å². The Balaban J connectivity index is 2.07. The highest BCUT2D eigenvalue weighted by Gasteiger charge is 2.24. The molecule has 1 aliphatic rings. The quantitative estimate of drug-likeness (QED) is 0.837. The van der Waals surface area contributed by atoms with Gasteiger partial charge in [-0.1, -0.05) is 17.3 Å². The fraction of sp³-hybridized carbons (Fsp3) is 0.167. The van der Waals surface area contributed by atoms with E-state index in [9.17, 15) is 4.79 Å². The molecule has 6 nitrogen and oxygen atoms in total. The maximum atomic E-state index is 11.7. The van der Waals surface area contributed by atoms with Gasteiger partial charge >= 0.3 is 6.03 Å². The highest BCUT2D eigenvalue weighted by atomic mass is 16.5. The maximum absolute atomic E-state index is 11.7. The second-order valence-corrected chi connectivity index (χ2v) is 4.02. The van der Waals surface area contributed by atoms with E-state index < -0.39 is 0 Å². The molecule has 2 aromatic rings. The number of anilines is 2. The van der Waals surface area contributed by atoms with Crippen molar-refractivity contribution in [3.63, 3.8) is 0 Å². The van der Waals surface area contributed by atoms with Crippen molar-refractivity contribution in [1.82, 2.24) is 10.5 Å². The minimum Gasteiger partial charge on any atom is -0.381 e. The number of aromatic nitrogens is 1. The van der Waals surface area contributed by atoms with Crippen LogP contribution < -0.4 is 16.0 Å². The Morgan fingerprint density at radius 3 is 2.89 bits per heavy atom. The largest absolute Gasteiger partial charge is 0.381 e. The van der Waals surface area contributed by atoms with E-state index in [1.165, 1.54) is 0 Å². The van der Waals surface area contributed by atoms with E-state index in [0.29, 0.717) is 24.7 Å². The van der Waals surface area contributed by atoms with Crippen LogP contribution in [0.5, 0.6) is 0 Å². The van der Waals surface area contributed by atoms with Crippen molar-refractivity contribution in [2.24, 2.45) is 0 Å². The number of carbonyl (C=O) groups excluding carboxylic acids is 1. The zero-order valence-electron chi connectivity index (χ0n) is 9.59. The smallest absolute Gasteiger partial charge is 0.322 e. The number of carbonyl (C=O) groups is 1. The number of urea groups is 1. The van der Waals surface area contributed by atoms with Gasteiger partial charge in [-0.2, -0.15) is 0 Å². The van der Waals surface area contributed by atoms with Crippen LogP contribution >= 0.6 is 0 Å². The molecular weight excluding hydrogens is 232 g/mol. The summed E-state index contributed by atoms with van der Waals surface area (Å²) >= 11 is 0. The SMILES string of the molecule is Nc1cc(-c2ccccc2N2CCNC2=O)on1. The first-order valence-electron chi connectivity index (χ1n) is 5.62. The molecule has 0 atom stereocenters. The molecule has 0 spiro atoms. The van der Waals surface area contributed by atoms with Gasteiger partial charge in [-0.3, -0.25) is 4.90 Å². The highest BCUT2D eigenvalue weighted by molar-refractivity contribution is 5.97. The molecule has 0 saturated carbocycles. The molecule has 92 valence electrons. The number of rotatable bonds is 2. The molecular formula is C12H12N4O2. The molecule has 1 saturated heterocycles. The Bertz CT molecular complexity index is 593. The van der Waals surface area contributed by atoms with Crippen molar-refractivity contribution in [1.29, 1.82) is 0 Å². The average Bonchev–Trinajstić information content (AvgIpc) is 2.98. The summed E-state index contributed by atoms with van der Waals surface area (Å²) in [4.78, 5) is 13.4. The van der Waals surface area contributed by atoms with Gasteiger partial charge in [0.15, 0.2) is 11.6 Å². The lowest BCUT2D eigenvalue weighted by Crippen LogP contribution is -2.28. The third-order valence-electron chi connectivity index (χ3n) is 2.85. The Kier molecular flexibility index (Phi) is 2.40. The molecule has 6 heteroatoms. The Labute approximate surface area is 103 Å². The number of amides is 2. The molecule has 1 fully saturated rings. The molecule has 3 N–H and O–H groups in total. The van der Waals surface area contributed by atoms with Crippen LogP contribution in [-0.2, 0) is 0 Å². The third kappa shape index (κ3) is 1.67. The highest BCUT2D eigenvalue weighted by Crippen LogP contribution is 2.32. The van der Waals surface area contributed by atoms with E-state index in [2.05, 4.69) is 10.5 Å². The van der Waals surface area contributed by atoms with Crippen molar-refractivity contribution in [3.8, 4) is 11.3 Å². The van der Waals surface area contributed by atoms with E-state index in [1.807, 2.05) is 24.3 Å². The van der Waals surface area contributed by atoms with E-state index in [0.717, 1.165) is 11.3 Å². The van der Waals surface area contributed by atoms with E-state index in [1.54, 1.807) is 11.0 Å². The number of nitrogens with two attached hydrogens (primary N) is 1. The first-order valence-corrected chi connectivity index (χ1v) is 5.62. The molecule has 0 aliphatic carbocycles. The summed E-state index contributed by atoms with van der Waals surface area (Å²) in [7, 11) is 0. The van der Waals surface area contributed by atoms with Gasteiger partial charge < -0.3 is 15.6 Å². The molecule has 1 aromatic carbocycles. The topological polar surface area (TPSA) is 84.4 Å². The first-order chi connectivity index (χ1) is 8.75. The number of nitrogens with zero attached hydrogens (tertiary/aromatic N) is 2. The van der Waals surface area contributed by atoms with Crippen molar-refractivity contribution in [2.75, 3.05) is 23.7 Å². The van der Waals surface area contributed by atoms with E-state index >= 15 is 0 Å². The van der Waals surface area contributed by atoms with Gasteiger partial charge in [0.2, 0.25) is 0 Å². The van der Waals surface area contributed by atoms with Gasteiger partial charge in [-0.25, -0.2) is 4.79 Å². The summed E-state index contributed by atoms with van der Waals surface area (Å²) in [5.41, 5.74) is 7.15. The summed E-state index contributed by atoms with van der Waals surface area (Å²) in [6.45, 7) is 1.28. The van der Waals surface area contributed by atoms with Crippen LogP contribution in [0.4, 0.5) is 16.3 Å². The van der Waals surface area contributed by atoms with Gasteiger partial charge in [-0.15, -0.1) is 0 Å². The zero-order chi connectivity index (χ0) is 12.5. The number of hydrogen-bond donors (Lipinski definition) is 2. The predicted octanol–water partition coefficient (Wildman–Crippen LogP) is 1.45. The minimum atomic E-state index is -0.102. The second-order valence-electron chi connectivity index (χ2n) is 4.02. The van der Waals surface area contributed by atoms with Gasteiger partial charge in [-0.05, 0) is 12.1 Å². The van der Waals surface area contributed by atoms with Gasteiger partial charge in [0.05, 0.1) is 5.69 Å². The van der Waals surface area contributed by atoms with E-state index in [-0.39, 0.29) is 6.03 Å². The Morgan fingerprint density at radius 1 is 1.39 bits per heavy atom. The fourth-order valence-electron chi connectivity index (χ4n) is 2.03.